The van der Waals surface area contributed by atoms with Crippen LogP contribution in [0.25, 0.3) is 0 Å². The summed E-state index contributed by atoms with van der Waals surface area (Å²) in [6.07, 6.45) is 0.906. The van der Waals surface area contributed by atoms with Crippen LogP contribution in [0.4, 0.5) is 4.39 Å². The standard InChI is InChI=1S/C10H11ClFN3O2/c1-2-13-8(16)5-15-10(17)7-3-6(12)4-14-9(7)11/h3-4H,2,5H2,1H3,(H,13,16)(H,15,17). The van der Waals surface area contributed by atoms with Gasteiger partial charge in [0.15, 0.2) is 0 Å². The summed E-state index contributed by atoms with van der Waals surface area (Å²) in [6.45, 7) is 2.03. The number of nitrogens with zero attached hydrogens (tertiary/aromatic N) is 1. The van der Waals surface area contributed by atoms with Crippen molar-refractivity contribution < 1.29 is 14.0 Å². The Morgan fingerprint density at radius 3 is 2.82 bits per heavy atom. The largest absolute Gasteiger partial charge is 0.355 e. The molecule has 0 atom stereocenters. The highest BCUT2D eigenvalue weighted by atomic mass is 35.5. The quantitative estimate of drug-likeness (QED) is 0.784. The summed E-state index contributed by atoms with van der Waals surface area (Å²) in [4.78, 5) is 26.1. The summed E-state index contributed by atoms with van der Waals surface area (Å²) in [7, 11) is 0. The molecule has 5 nitrogen and oxygen atoms in total. The van der Waals surface area contributed by atoms with Crippen molar-refractivity contribution in [3.63, 3.8) is 0 Å². The zero-order valence-electron chi connectivity index (χ0n) is 9.09. The third kappa shape index (κ3) is 3.99. The lowest BCUT2D eigenvalue weighted by molar-refractivity contribution is -0.120. The predicted octanol–water partition coefficient (Wildman–Crippen LogP) is 0.740. The number of nitrogens with one attached hydrogen (secondary N) is 2. The van der Waals surface area contributed by atoms with Gasteiger partial charge >= 0.3 is 0 Å². The van der Waals surface area contributed by atoms with Crippen LogP contribution in [0.2, 0.25) is 5.15 Å². The molecule has 0 radical (unpaired) electrons. The molecule has 1 rings (SSSR count). The highest BCUT2D eigenvalue weighted by molar-refractivity contribution is 6.32. The molecule has 92 valence electrons. The van der Waals surface area contributed by atoms with Crippen LogP contribution in [0.1, 0.15) is 17.3 Å². The minimum atomic E-state index is -0.669. The minimum Gasteiger partial charge on any atom is -0.355 e. The van der Waals surface area contributed by atoms with Crippen molar-refractivity contribution in [2.75, 3.05) is 13.1 Å². The maximum atomic E-state index is 12.8. The molecule has 0 fully saturated rings. The normalized spacial score (nSPS) is 9.82. The van der Waals surface area contributed by atoms with Crippen molar-refractivity contribution in [1.82, 2.24) is 15.6 Å². The molecule has 0 aliphatic heterocycles. The average molecular weight is 260 g/mol. The van der Waals surface area contributed by atoms with Crippen LogP contribution < -0.4 is 10.6 Å². The fraction of sp³-hybridized carbons (Fsp3) is 0.300. The van der Waals surface area contributed by atoms with Gasteiger partial charge in [-0.25, -0.2) is 9.37 Å². The molecule has 0 spiro atoms. The molecular formula is C10H11ClFN3O2. The maximum Gasteiger partial charge on any atom is 0.254 e. The van der Waals surface area contributed by atoms with E-state index in [9.17, 15) is 14.0 Å². The van der Waals surface area contributed by atoms with Crippen molar-refractivity contribution in [1.29, 1.82) is 0 Å². The Kier molecular flexibility index (Phi) is 4.84. The number of halogens is 2. The number of hydrogen-bond acceptors (Lipinski definition) is 3. The molecule has 0 bridgehead atoms. The van der Waals surface area contributed by atoms with E-state index in [1.165, 1.54) is 0 Å². The molecule has 17 heavy (non-hydrogen) atoms. The Hall–Kier alpha value is -1.69. The molecule has 2 amide bonds. The molecular weight excluding hydrogens is 249 g/mol. The van der Waals surface area contributed by atoms with Gasteiger partial charge in [0.25, 0.3) is 5.91 Å². The first-order valence-electron chi connectivity index (χ1n) is 4.90. The van der Waals surface area contributed by atoms with E-state index in [0.29, 0.717) is 6.54 Å². The molecule has 0 aliphatic carbocycles. The first-order valence-corrected chi connectivity index (χ1v) is 5.28. The smallest absolute Gasteiger partial charge is 0.254 e. The van der Waals surface area contributed by atoms with Gasteiger partial charge in [-0.05, 0) is 13.0 Å². The number of carbonyl (C=O) groups is 2. The topological polar surface area (TPSA) is 71.1 Å². The lowest BCUT2D eigenvalue weighted by Gasteiger charge is -2.06. The first-order chi connectivity index (χ1) is 8.04. The maximum absolute atomic E-state index is 12.8. The van der Waals surface area contributed by atoms with Crippen LogP contribution >= 0.6 is 11.6 Å². The number of rotatable bonds is 4. The van der Waals surface area contributed by atoms with E-state index in [1.807, 2.05) is 0 Å². The van der Waals surface area contributed by atoms with Gasteiger partial charge in [-0.2, -0.15) is 0 Å². The van der Waals surface area contributed by atoms with Crippen molar-refractivity contribution in [2.24, 2.45) is 0 Å². The van der Waals surface area contributed by atoms with Gasteiger partial charge in [0.05, 0.1) is 18.3 Å². The molecule has 0 saturated carbocycles. The lowest BCUT2D eigenvalue weighted by Crippen LogP contribution is -2.36. The second-order valence-electron chi connectivity index (χ2n) is 3.13. The van der Waals surface area contributed by atoms with Crippen LogP contribution in [0.3, 0.4) is 0 Å². The lowest BCUT2D eigenvalue weighted by atomic mass is 10.2. The van der Waals surface area contributed by atoms with Crippen LogP contribution in [-0.4, -0.2) is 29.9 Å². The number of hydrogen-bond donors (Lipinski definition) is 2. The van der Waals surface area contributed by atoms with E-state index in [0.717, 1.165) is 12.3 Å². The molecule has 0 unspecified atom stereocenters. The van der Waals surface area contributed by atoms with E-state index in [1.54, 1.807) is 6.92 Å². The summed E-state index contributed by atoms with van der Waals surface area (Å²) < 4.78 is 12.8. The second kappa shape index (κ2) is 6.15. The van der Waals surface area contributed by atoms with Gasteiger partial charge in [0.1, 0.15) is 11.0 Å². The Bertz CT molecular complexity index is 440. The van der Waals surface area contributed by atoms with Crippen LogP contribution in [0.15, 0.2) is 12.3 Å². The number of likely N-dealkylation sites (N-methyl/N-ethyl adjacent to an activating group) is 1. The number of pyridine rings is 1. The Labute approximate surface area is 102 Å². The van der Waals surface area contributed by atoms with E-state index >= 15 is 0 Å². The van der Waals surface area contributed by atoms with E-state index < -0.39 is 11.7 Å². The van der Waals surface area contributed by atoms with Crippen LogP contribution in [0, 0.1) is 5.82 Å². The summed E-state index contributed by atoms with van der Waals surface area (Å²) in [5.74, 6) is -1.65. The third-order valence-electron chi connectivity index (χ3n) is 1.83. The molecule has 0 aromatic carbocycles. The molecule has 0 aliphatic rings. The average Bonchev–Trinajstić information content (AvgIpc) is 2.29. The zero-order chi connectivity index (χ0) is 12.8. The molecule has 1 aromatic heterocycles. The van der Waals surface area contributed by atoms with E-state index in [2.05, 4.69) is 15.6 Å². The van der Waals surface area contributed by atoms with Gasteiger partial charge in [-0.15, -0.1) is 0 Å². The van der Waals surface area contributed by atoms with Gasteiger partial charge < -0.3 is 10.6 Å². The zero-order valence-corrected chi connectivity index (χ0v) is 9.84. The number of aromatic nitrogens is 1. The van der Waals surface area contributed by atoms with Gasteiger partial charge in [0.2, 0.25) is 5.91 Å². The molecule has 0 saturated heterocycles. The molecule has 7 heteroatoms. The SMILES string of the molecule is CCNC(=O)CNC(=O)c1cc(F)cnc1Cl. The van der Waals surface area contributed by atoms with E-state index in [-0.39, 0.29) is 23.2 Å². The van der Waals surface area contributed by atoms with Crippen molar-refractivity contribution >= 4 is 23.4 Å². The van der Waals surface area contributed by atoms with Gasteiger partial charge in [-0.1, -0.05) is 11.6 Å². The monoisotopic (exact) mass is 259 g/mol. The Morgan fingerprint density at radius 1 is 1.47 bits per heavy atom. The first kappa shape index (κ1) is 13.4. The Morgan fingerprint density at radius 2 is 2.18 bits per heavy atom. The molecule has 2 N–H and O–H groups in total. The Balaban J connectivity index is 2.64. The highest BCUT2D eigenvalue weighted by Gasteiger charge is 2.13. The molecule has 1 aromatic rings. The third-order valence-corrected chi connectivity index (χ3v) is 2.13. The molecule has 1 heterocycles. The van der Waals surface area contributed by atoms with Gasteiger partial charge in [-0.3, -0.25) is 9.59 Å². The number of amides is 2. The summed E-state index contributed by atoms with van der Waals surface area (Å²) >= 11 is 5.63. The van der Waals surface area contributed by atoms with Crippen LogP contribution in [-0.2, 0) is 4.79 Å². The fourth-order valence-corrected chi connectivity index (χ4v) is 1.29. The van der Waals surface area contributed by atoms with E-state index in [4.69, 9.17) is 11.6 Å². The van der Waals surface area contributed by atoms with Gasteiger partial charge in [0, 0.05) is 6.54 Å². The van der Waals surface area contributed by atoms with Crippen molar-refractivity contribution in [3.05, 3.63) is 28.8 Å². The summed E-state index contributed by atoms with van der Waals surface area (Å²) in [5, 5.41) is 4.70. The summed E-state index contributed by atoms with van der Waals surface area (Å²) in [5.41, 5.74) is -0.101. The van der Waals surface area contributed by atoms with Crippen molar-refractivity contribution in [2.45, 2.75) is 6.92 Å². The number of carbonyl (C=O) groups excluding carboxylic acids is 2. The predicted molar refractivity (Wildman–Crippen MR) is 60.2 cm³/mol. The minimum absolute atomic E-state index is 0.101. The summed E-state index contributed by atoms with van der Waals surface area (Å²) in [6, 6.07) is 0.961. The fourth-order valence-electron chi connectivity index (χ4n) is 1.10. The van der Waals surface area contributed by atoms with Crippen LogP contribution in [0.5, 0.6) is 0 Å². The highest BCUT2D eigenvalue weighted by Crippen LogP contribution is 2.13. The van der Waals surface area contributed by atoms with Crippen molar-refractivity contribution in [3.8, 4) is 0 Å². The second-order valence-corrected chi connectivity index (χ2v) is 3.49.